The van der Waals surface area contributed by atoms with Gasteiger partial charge < -0.3 is 10.2 Å². The Kier molecular flexibility index (Phi) is 4.31. The summed E-state index contributed by atoms with van der Waals surface area (Å²) in [5.41, 5.74) is 1.70. The maximum absolute atomic E-state index is 12.4. The topological polar surface area (TPSA) is 104 Å². The molecule has 8 nitrogen and oxygen atoms in total. The number of amides is 2. The van der Waals surface area contributed by atoms with Crippen LogP contribution in [0.5, 0.6) is 0 Å². The van der Waals surface area contributed by atoms with Crippen molar-refractivity contribution < 1.29 is 9.59 Å². The van der Waals surface area contributed by atoms with Crippen LogP contribution in [0.4, 0.5) is 5.69 Å². The SMILES string of the molecule is CN1C(=O)C[C@@H](C(=O)NCCCc2nn[nH]n2)c2ccccc21. The molecule has 0 fully saturated rings. The molecular formula is C15H18N6O2. The predicted molar refractivity (Wildman–Crippen MR) is 82.7 cm³/mol. The highest BCUT2D eigenvalue weighted by molar-refractivity contribution is 6.02. The maximum Gasteiger partial charge on any atom is 0.228 e. The Labute approximate surface area is 133 Å². The van der Waals surface area contributed by atoms with E-state index in [1.807, 2.05) is 24.3 Å². The number of aryl methyl sites for hydroxylation is 1. The highest BCUT2D eigenvalue weighted by Crippen LogP contribution is 2.34. The molecule has 0 bridgehead atoms. The first-order chi connectivity index (χ1) is 11.2. The number of para-hydroxylation sites is 1. The van der Waals surface area contributed by atoms with Crippen molar-refractivity contribution >= 4 is 17.5 Å². The number of anilines is 1. The predicted octanol–water partition coefficient (Wildman–Crippen LogP) is 0.399. The molecule has 2 N–H and O–H groups in total. The van der Waals surface area contributed by atoms with Crippen molar-refractivity contribution in [3.63, 3.8) is 0 Å². The lowest BCUT2D eigenvalue weighted by Crippen LogP contribution is -2.39. The molecule has 0 unspecified atom stereocenters. The van der Waals surface area contributed by atoms with Gasteiger partial charge in [0.1, 0.15) is 0 Å². The molecule has 120 valence electrons. The molecule has 1 aliphatic heterocycles. The minimum absolute atomic E-state index is 0.0457. The van der Waals surface area contributed by atoms with Crippen molar-refractivity contribution in [2.75, 3.05) is 18.5 Å². The van der Waals surface area contributed by atoms with Crippen molar-refractivity contribution in [1.82, 2.24) is 25.9 Å². The van der Waals surface area contributed by atoms with Gasteiger partial charge in [0, 0.05) is 32.1 Å². The van der Waals surface area contributed by atoms with Crippen molar-refractivity contribution in [3.8, 4) is 0 Å². The van der Waals surface area contributed by atoms with Crippen LogP contribution in [-0.4, -0.2) is 46.0 Å². The summed E-state index contributed by atoms with van der Waals surface area (Å²) in [4.78, 5) is 26.1. The van der Waals surface area contributed by atoms with Crippen LogP contribution in [0.2, 0.25) is 0 Å². The number of aromatic amines is 1. The first-order valence-electron chi connectivity index (χ1n) is 7.52. The highest BCUT2D eigenvalue weighted by atomic mass is 16.2. The van der Waals surface area contributed by atoms with E-state index in [1.54, 1.807) is 11.9 Å². The van der Waals surface area contributed by atoms with Crippen LogP contribution in [0, 0.1) is 0 Å². The number of hydrogen-bond acceptors (Lipinski definition) is 5. The molecule has 2 heterocycles. The zero-order valence-electron chi connectivity index (χ0n) is 12.8. The van der Waals surface area contributed by atoms with E-state index in [2.05, 4.69) is 25.9 Å². The van der Waals surface area contributed by atoms with Crippen LogP contribution in [0.15, 0.2) is 24.3 Å². The van der Waals surface area contributed by atoms with Gasteiger partial charge in [0.2, 0.25) is 11.8 Å². The molecule has 2 aromatic rings. The zero-order chi connectivity index (χ0) is 16.2. The third-order valence-electron chi connectivity index (χ3n) is 4.01. The summed E-state index contributed by atoms with van der Waals surface area (Å²) >= 11 is 0. The van der Waals surface area contributed by atoms with Crippen LogP contribution < -0.4 is 10.2 Å². The summed E-state index contributed by atoms with van der Waals surface area (Å²) in [5, 5.41) is 16.5. The molecule has 0 aliphatic carbocycles. The number of H-pyrrole nitrogens is 1. The Bertz CT molecular complexity index is 700. The molecule has 2 amide bonds. The molecule has 23 heavy (non-hydrogen) atoms. The number of nitrogens with zero attached hydrogens (tertiary/aromatic N) is 4. The molecule has 0 radical (unpaired) electrons. The van der Waals surface area contributed by atoms with Crippen molar-refractivity contribution in [3.05, 3.63) is 35.7 Å². The summed E-state index contributed by atoms with van der Waals surface area (Å²) in [5.74, 6) is 0.0294. The Morgan fingerprint density at radius 1 is 1.43 bits per heavy atom. The number of hydrogen-bond donors (Lipinski definition) is 2. The van der Waals surface area contributed by atoms with E-state index in [0.29, 0.717) is 25.2 Å². The molecule has 8 heteroatoms. The molecular weight excluding hydrogens is 296 g/mol. The molecule has 3 rings (SSSR count). The third kappa shape index (κ3) is 3.20. The molecule has 0 spiro atoms. The van der Waals surface area contributed by atoms with E-state index >= 15 is 0 Å². The first-order valence-corrected chi connectivity index (χ1v) is 7.52. The van der Waals surface area contributed by atoms with Crippen LogP contribution in [0.1, 0.15) is 30.1 Å². The average Bonchev–Trinajstić information content (AvgIpc) is 3.08. The normalized spacial score (nSPS) is 17.0. The fourth-order valence-corrected chi connectivity index (χ4v) is 2.75. The standard InChI is InChI=1S/C15H18N6O2/c1-21-12-6-3-2-5-10(12)11(9-14(21)22)15(23)16-8-4-7-13-17-19-20-18-13/h2-3,5-6,11H,4,7-9H2,1H3,(H,16,23)(H,17,18,19,20)/t11-/m1/s1. The number of carbonyl (C=O) groups is 2. The van der Waals surface area contributed by atoms with Gasteiger partial charge in [0.15, 0.2) is 5.82 Å². The summed E-state index contributed by atoms with van der Waals surface area (Å²) in [7, 11) is 1.74. The fourth-order valence-electron chi connectivity index (χ4n) is 2.75. The first kappa shape index (κ1) is 15.1. The average molecular weight is 314 g/mol. The quantitative estimate of drug-likeness (QED) is 0.777. The van der Waals surface area contributed by atoms with Crippen LogP contribution in [0.25, 0.3) is 0 Å². The van der Waals surface area contributed by atoms with Gasteiger partial charge in [-0.05, 0) is 18.1 Å². The molecule has 1 aromatic heterocycles. The zero-order valence-corrected chi connectivity index (χ0v) is 12.8. The van der Waals surface area contributed by atoms with E-state index in [0.717, 1.165) is 11.3 Å². The van der Waals surface area contributed by atoms with Gasteiger partial charge in [-0.25, -0.2) is 0 Å². The summed E-state index contributed by atoms with van der Waals surface area (Å²) in [6, 6.07) is 7.53. The number of aromatic nitrogens is 4. The molecule has 0 saturated heterocycles. The Hall–Kier alpha value is -2.77. The summed E-state index contributed by atoms with van der Waals surface area (Å²) in [6.07, 6.45) is 1.55. The molecule has 0 saturated carbocycles. The second-order valence-corrected chi connectivity index (χ2v) is 5.49. The Morgan fingerprint density at radius 3 is 3.04 bits per heavy atom. The van der Waals surface area contributed by atoms with Gasteiger partial charge in [-0.1, -0.05) is 23.4 Å². The third-order valence-corrected chi connectivity index (χ3v) is 4.01. The number of rotatable bonds is 5. The van der Waals surface area contributed by atoms with Crippen LogP contribution in [-0.2, 0) is 16.0 Å². The fraction of sp³-hybridized carbons (Fsp3) is 0.400. The molecule has 1 aromatic carbocycles. The van der Waals surface area contributed by atoms with Crippen LogP contribution in [0.3, 0.4) is 0 Å². The van der Waals surface area contributed by atoms with E-state index in [9.17, 15) is 9.59 Å². The van der Waals surface area contributed by atoms with Gasteiger partial charge in [-0.2, -0.15) is 5.21 Å². The van der Waals surface area contributed by atoms with Gasteiger partial charge >= 0.3 is 0 Å². The summed E-state index contributed by atoms with van der Waals surface area (Å²) in [6.45, 7) is 0.510. The highest BCUT2D eigenvalue weighted by Gasteiger charge is 2.33. The molecule has 1 aliphatic rings. The number of benzene rings is 1. The monoisotopic (exact) mass is 314 g/mol. The largest absolute Gasteiger partial charge is 0.356 e. The number of carbonyl (C=O) groups excluding carboxylic acids is 2. The van der Waals surface area contributed by atoms with E-state index < -0.39 is 5.92 Å². The maximum atomic E-state index is 12.4. The van der Waals surface area contributed by atoms with Crippen molar-refractivity contribution in [1.29, 1.82) is 0 Å². The lowest BCUT2D eigenvalue weighted by atomic mass is 9.89. The number of fused-ring (bicyclic) bond motifs is 1. The van der Waals surface area contributed by atoms with E-state index in [4.69, 9.17) is 0 Å². The van der Waals surface area contributed by atoms with Crippen molar-refractivity contribution in [2.45, 2.75) is 25.2 Å². The second-order valence-electron chi connectivity index (χ2n) is 5.49. The van der Waals surface area contributed by atoms with E-state index in [1.165, 1.54) is 0 Å². The van der Waals surface area contributed by atoms with E-state index in [-0.39, 0.29) is 18.2 Å². The van der Waals surface area contributed by atoms with Gasteiger partial charge in [-0.15, -0.1) is 10.2 Å². The Balaban J connectivity index is 1.61. The lowest BCUT2D eigenvalue weighted by Gasteiger charge is -2.30. The summed E-state index contributed by atoms with van der Waals surface area (Å²) < 4.78 is 0. The number of nitrogens with one attached hydrogen (secondary N) is 2. The number of tetrazole rings is 1. The smallest absolute Gasteiger partial charge is 0.228 e. The minimum Gasteiger partial charge on any atom is -0.356 e. The van der Waals surface area contributed by atoms with Gasteiger partial charge in [0.05, 0.1) is 5.92 Å². The Morgan fingerprint density at radius 2 is 2.26 bits per heavy atom. The second kappa shape index (κ2) is 6.55. The van der Waals surface area contributed by atoms with Crippen molar-refractivity contribution in [2.24, 2.45) is 0 Å². The van der Waals surface area contributed by atoms with Gasteiger partial charge in [0.25, 0.3) is 0 Å². The minimum atomic E-state index is -0.430. The van der Waals surface area contributed by atoms with Gasteiger partial charge in [-0.3, -0.25) is 9.59 Å². The lowest BCUT2D eigenvalue weighted by molar-refractivity contribution is -0.127. The van der Waals surface area contributed by atoms with Crippen LogP contribution >= 0.6 is 0 Å². The molecule has 1 atom stereocenters.